The molecule has 2 aromatic rings. The fraction of sp³-hybridized carbons (Fsp3) is 0.278. The molecule has 0 bridgehead atoms. The van der Waals surface area contributed by atoms with Crippen molar-refractivity contribution in [3.63, 3.8) is 0 Å². The summed E-state index contributed by atoms with van der Waals surface area (Å²) in [6.45, 7) is 5.70. The predicted molar refractivity (Wildman–Crippen MR) is 87.6 cm³/mol. The van der Waals surface area contributed by atoms with Crippen LogP contribution in [0.5, 0.6) is 5.88 Å². The molecular weight excluding hydrogens is 276 g/mol. The molecule has 1 aromatic carbocycles. The number of hydrogen-bond acceptors (Lipinski definition) is 2. The van der Waals surface area contributed by atoms with Crippen LogP contribution in [-0.4, -0.2) is 14.5 Å². The monoisotopic (exact) mass is 294 g/mol. The van der Waals surface area contributed by atoms with E-state index in [1.807, 2.05) is 26.0 Å². The number of benzene rings is 1. The van der Waals surface area contributed by atoms with Gasteiger partial charge in [0.05, 0.1) is 0 Å². The zero-order chi connectivity index (χ0) is 16.4. The van der Waals surface area contributed by atoms with Gasteiger partial charge in [0.1, 0.15) is 12.1 Å². The lowest BCUT2D eigenvalue weighted by Crippen LogP contribution is -2.21. The summed E-state index contributed by atoms with van der Waals surface area (Å²) in [6.07, 6.45) is 5.29. The SMILES string of the molecule is C#CCn1c(=O)c(-c2c(C)cc(C#CC)cc2C)c(O)n1C. The number of terminal acetylenes is 1. The Labute approximate surface area is 130 Å². The molecule has 0 saturated heterocycles. The predicted octanol–water partition coefficient (Wildman–Crippen LogP) is 2.18. The summed E-state index contributed by atoms with van der Waals surface area (Å²) >= 11 is 0. The Morgan fingerprint density at radius 2 is 1.82 bits per heavy atom. The van der Waals surface area contributed by atoms with Gasteiger partial charge in [-0.05, 0) is 49.6 Å². The largest absolute Gasteiger partial charge is 0.493 e. The number of aryl methyl sites for hydroxylation is 2. The average Bonchev–Trinajstić information content (AvgIpc) is 2.65. The minimum absolute atomic E-state index is 0.0826. The smallest absolute Gasteiger partial charge is 0.279 e. The molecule has 112 valence electrons. The molecule has 4 nitrogen and oxygen atoms in total. The molecule has 0 aliphatic carbocycles. The first kappa shape index (κ1) is 15.5. The third-order valence-electron chi connectivity index (χ3n) is 3.63. The summed E-state index contributed by atoms with van der Waals surface area (Å²) in [5.74, 6) is 8.21. The summed E-state index contributed by atoms with van der Waals surface area (Å²) in [5, 5.41) is 10.3. The Balaban J connectivity index is 2.78. The van der Waals surface area contributed by atoms with Gasteiger partial charge in [-0.1, -0.05) is 11.8 Å². The average molecular weight is 294 g/mol. The molecule has 0 radical (unpaired) electrons. The summed E-state index contributed by atoms with van der Waals surface area (Å²) < 4.78 is 2.72. The lowest BCUT2D eigenvalue weighted by Gasteiger charge is -2.09. The topological polar surface area (TPSA) is 47.2 Å². The highest BCUT2D eigenvalue weighted by Crippen LogP contribution is 2.32. The first-order chi connectivity index (χ1) is 10.4. The Hall–Kier alpha value is -2.85. The van der Waals surface area contributed by atoms with Gasteiger partial charge in [-0.2, -0.15) is 0 Å². The number of aromatic hydroxyl groups is 1. The molecule has 1 heterocycles. The Morgan fingerprint density at radius 1 is 1.23 bits per heavy atom. The zero-order valence-corrected chi connectivity index (χ0v) is 13.2. The lowest BCUT2D eigenvalue weighted by molar-refractivity contribution is 0.393. The Bertz CT molecular complexity index is 873. The molecule has 1 aromatic heterocycles. The highest BCUT2D eigenvalue weighted by Gasteiger charge is 2.21. The van der Waals surface area contributed by atoms with Gasteiger partial charge in [-0.15, -0.1) is 12.3 Å². The third-order valence-corrected chi connectivity index (χ3v) is 3.63. The standard InChI is InChI=1S/C18H18N2O2/c1-6-8-14-10-12(3)15(13(4)11-14)16-17(21)19(5)20(9-7-2)18(16)22/h2,10-11,21H,9H2,1,3-5H3. The van der Waals surface area contributed by atoms with Crippen molar-refractivity contribution in [2.75, 3.05) is 0 Å². The fourth-order valence-corrected chi connectivity index (χ4v) is 2.69. The van der Waals surface area contributed by atoms with Crippen molar-refractivity contribution in [3.8, 4) is 41.2 Å². The molecule has 0 atom stereocenters. The molecule has 0 aliphatic rings. The molecule has 0 amide bonds. The van der Waals surface area contributed by atoms with Crippen LogP contribution in [0.3, 0.4) is 0 Å². The molecule has 22 heavy (non-hydrogen) atoms. The van der Waals surface area contributed by atoms with E-state index in [1.54, 1.807) is 14.0 Å². The molecule has 0 aliphatic heterocycles. The van der Waals surface area contributed by atoms with Crippen LogP contribution >= 0.6 is 0 Å². The van der Waals surface area contributed by atoms with E-state index in [4.69, 9.17) is 6.42 Å². The minimum Gasteiger partial charge on any atom is -0.493 e. The van der Waals surface area contributed by atoms with E-state index >= 15 is 0 Å². The minimum atomic E-state index is -0.293. The molecule has 2 rings (SSSR count). The van der Waals surface area contributed by atoms with Crippen LogP contribution < -0.4 is 5.56 Å². The van der Waals surface area contributed by atoms with Crippen molar-refractivity contribution in [3.05, 3.63) is 39.2 Å². The van der Waals surface area contributed by atoms with Crippen LogP contribution in [-0.2, 0) is 13.6 Å². The lowest BCUT2D eigenvalue weighted by atomic mass is 9.95. The molecule has 1 N–H and O–H groups in total. The van der Waals surface area contributed by atoms with Crippen LogP contribution in [0.25, 0.3) is 11.1 Å². The number of hydrogen-bond donors (Lipinski definition) is 1. The van der Waals surface area contributed by atoms with Crippen LogP contribution in [0.1, 0.15) is 23.6 Å². The van der Waals surface area contributed by atoms with Crippen LogP contribution in [0.2, 0.25) is 0 Å². The second-order valence-electron chi connectivity index (χ2n) is 5.15. The molecule has 0 saturated carbocycles. The number of rotatable bonds is 2. The van der Waals surface area contributed by atoms with E-state index in [0.717, 1.165) is 22.3 Å². The normalized spacial score (nSPS) is 9.95. The van der Waals surface area contributed by atoms with Crippen molar-refractivity contribution in [1.82, 2.24) is 9.36 Å². The Morgan fingerprint density at radius 3 is 2.32 bits per heavy atom. The van der Waals surface area contributed by atoms with Gasteiger partial charge in [0, 0.05) is 12.6 Å². The molecule has 0 fully saturated rings. The fourth-order valence-electron chi connectivity index (χ4n) is 2.69. The van der Waals surface area contributed by atoms with E-state index in [1.165, 1.54) is 9.36 Å². The van der Waals surface area contributed by atoms with E-state index in [-0.39, 0.29) is 23.5 Å². The van der Waals surface area contributed by atoms with Gasteiger partial charge in [0.25, 0.3) is 5.56 Å². The zero-order valence-electron chi connectivity index (χ0n) is 13.2. The summed E-state index contributed by atoms with van der Waals surface area (Å²) in [4.78, 5) is 12.6. The second kappa shape index (κ2) is 5.87. The maximum Gasteiger partial charge on any atom is 0.279 e. The maximum absolute atomic E-state index is 12.6. The van der Waals surface area contributed by atoms with Gasteiger partial charge in [0.15, 0.2) is 0 Å². The summed E-state index contributed by atoms with van der Waals surface area (Å²) in [7, 11) is 1.61. The van der Waals surface area contributed by atoms with Crippen molar-refractivity contribution in [2.45, 2.75) is 27.3 Å². The summed E-state index contributed by atoms with van der Waals surface area (Å²) in [6, 6.07) is 3.83. The first-order valence-corrected chi connectivity index (χ1v) is 6.89. The van der Waals surface area contributed by atoms with Crippen molar-refractivity contribution < 1.29 is 5.11 Å². The van der Waals surface area contributed by atoms with Crippen molar-refractivity contribution in [1.29, 1.82) is 0 Å². The van der Waals surface area contributed by atoms with Crippen molar-refractivity contribution >= 4 is 0 Å². The van der Waals surface area contributed by atoms with Crippen LogP contribution in [0, 0.1) is 38.0 Å². The quantitative estimate of drug-likeness (QED) is 0.863. The van der Waals surface area contributed by atoms with E-state index in [0.29, 0.717) is 0 Å². The van der Waals surface area contributed by atoms with Crippen LogP contribution in [0.15, 0.2) is 16.9 Å². The second-order valence-corrected chi connectivity index (χ2v) is 5.15. The molecule has 0 spiro atoms. The van der Waals surface area contributed by atoms with Crippen LogP contribution in [0.4, 0.5) is 0 Å². The Kier molecular flexibility index (Phi) is 4.15. The molecule has 0 unspecified atom stereocenters. The highest BCUT2D eigenvalue weighted by atomic mass is 16.3. The van der Waals surface area contributed by atoms with E-state index in [9.17, 15) is 9.90 Å². The maximum atomic E-state index is 12.6. The van der Waals surface area contributed by atoms with Gasteiger partial charge < -0.3 is 5.11 Å². The van der Waals surface area contributed by atoms with E-state index in [2.05, 4.69) is 17.8 Å². The van der Waals surface area contributed by atoms with Gasteiger partial charge in [-0.3, -0.25) is 9.48 Å². The van der Waals surface area contributed by atoms with Gasteiger partial charge in [-0.25, -0.2) is 4.68 Å². The first-order valence-electron chi connectivity index (χ1n) is 6.89. The van der Waals surface area contributed by atoms with Gasteiger partial charge >= 0.3 is 0 Å². The molecular formula is C18H18N2O2. The summed E-state index contributed by atoms with van der Waals surface area (Å²) in [5.41, 5.74) is 3.39. The number of aromatic nitrogens is 2. The molecule has 4 heteroatoms. The van der Waals surface area contributed by atoms with Gasteiger partial charge in [0.2, 0.25) is 5.88 Å². The third kappa shape index (κ3) is 2.40. The van der Waals surface area contributed by atoms with E-state index < -0.39 is 0 Å². The number of nitrogens with zero attached hydrogens (tertiary/aromatic N) is 2. The van der Waals surface area contributed by atoms with Crippen molar-refractivity contribution in [2.24, 2.45) is 7.05 Å². The highest BCUT2D eigenvalue weighted by molar-refractivity contribution is 5.75.